The molecule has 34 heavy (non-hydrogen) atoms. The van der Waals surface area contributed by atoms with E-state index >= 15 is 0 Å². The summed E-state index contributed by atoms with van der Waals surface area (Å²) in [6, 6.07) is 2.07. The summed E-state index contributed by atoms with van der Waals surface area (Å²) in [5, 5.41) is 13.9. The largest absolute Gasteiger partial charge is 0.342 e. The van der Waals surface area contributed by atoms with Gasteiger partial charge in [-0.2, -0.15) is 5.10 Å². The molecule has 9 nitrogen and oxygen atoms in total. The molecule has 0 bridgehead atoms. The van der Waals surface area contributed by atoms with Gasteiger partial charge in [0.15, 0.2) is 0 Å². The van der Waals surface area contributed by atoms with Gasteiger partial charge in [-0.15, -0.1) is 0 Å². The van der Waals surface area contributed by atoms with Gasteiger partial charge in [-0.05, 0) is 60.3 Å². The molecule has 2 fully saturated rings. The maximum absolute atomic E-state index is 13.1. The van der Waals surface area contributed by atoms with Gasteiger partial charge in [0.25, 0.3) is 0 Å². The Kier molecular flexibility index (Phi) is 7.93. The highest BCUT2D eigenvalue weighted by Crippen LogP contribution is 2.36. The van der Waals surface area contributed by atoms with Gasteiger partial charge in [0, 0.05) is 43.1 Å². The summed E-state index contributed by atoms with van der Waals surface area (Å²) >= 11 is 0. The van der Waals surface area contributed by atoms with Crippen LogP contribution in [0.1, 0.15) is 85.8 Å². The molecule has 3 N–H and O–H groups in total. The number of aromatic nitrogens is 2. The fourth-order valence-corrected chi connectivity index (χ4v) is 4.84. The average Bonchev–Trinajstić information content (AvgIpc) is 3.45. The second-order valence-electron chi connectivity index (χ2n) is 11.4. The summed E-state index contributed by atoms with van der Waals surface area (Å²) in [5.41, 5.74) is 0.644. The molecule has 3 atom stereocenters. The smallest absolute Gasteiger partial charge is 0.315 e. The van der Waals surface area contributed by atoms with E-state index in [2.05, 4.69) is 36.7 Å². The number of urea groups is 1. The molecule has 1 aromatic rings. The van der Waals surface area contributed by atoms with Crippen LogP contribution < -0.4 is 16.0 Å². The summed E-state index contributed by atoms with van der Waals surface area (Å²) in [6.07, 6.45) is 3.35. The van der Waals surface area contributed by atoms with Gasteiger partial charge in [-0.1, -0.05) is 13.8 Å². The minimum absolute atomic E-state index is 0.0622. The van der Waals surface area contributed by atoms with Crippen molar-refractivity contribution < 1.29 is 14.4 Å². The monoisotopic (exact) mass is 474 g/mol. The zero-order chi connectivity index (χ0) is 25.2. The number of nitrogens with zero attached hydrogens (tertiary/aromatic N) is 3. The van der Waals surface area contributed by atoms with Crippen LogP contribution in [0.15, 0.2) is 6.07 Å². The van der Waals surface area contributed by atoms with E-state index in [-0.39, 0.29) is 53.2 Å². The van der Waals surface area contributed by atoms with Crippen LogP contribution in [0.3, 0.4) is 0 Å². The number of anilines is 1. The lowest BCUT2D eigenvalue weighted by molar-refractivity contribution is -0.133. The fourth-order valence-electron chi connectivity index (χ4n) is 4.84. The normalized spacial score (nSPS) is 23.0. The molecule has 9 heteroatoms. The topological polar surface area (TPSA) is 108 Å². The predicted molar refractivity (Wildman–Crippen MR) is 133 cm³/mol. The quantitative estimate of drug-likeness (QED) is 0.587. The third-order valence-electron chi connectivity index (χ3n) is 6.59. The second-order valence-corrected chi connectivity index (χ2v) is 11.4. The molecule has 0 aromatic carbocycles. The van der Waals surface area contributed by atoms with Gasteiger partial charge in [0.2, 0.25) is 11.8 Å². The lowest BCUT2D eigenvalue weighted by atomic mass is 10.0. The van der Waals surface area contributed by atoms with Crippen LogP contribution in [-0.2, 0) is 15.1 Å². The summed E-state index contributed by atoms with van der Waals surface area (Å²) in [5.74, 6) is 0.683. The van der Waals surface area contributed by atoms with Crippen LogP contribution >= 0.6 is 0 Å². The van der Waals surface area contributed by atoms with E-state index in [9.17, 15) is 14.4 Å². The van der Waals surface area contributed by atoms with Crippen molar-refractivity contribution in [1.82, 2.24) is 25.3 Å². The average molecular weight is 475 g/mol. The van der Waals surface area contributed by atoms with E-state index in [1.54, 1.807) is 4.90 Å². The van der Waals surface area contributed by atoms with Crippen molar-refractivity contribution in [2.24, 2.45) is 11.8 Å². The number of nitrogens with one attached hydrogen (secondary N) is 3. The molecule has 4 amide bonds. The maximum atomic E-state index is 13.1. The van der Waals surface area contributed by atoms with E-state index in [1.807, 2.05) is 38.4 Å². The highest BCUT2D eigenvalue weighted by Gasteiger charge is 2.34. The van der Waals surface area contributed by atoms with Crippen LogP contribution in [0.25, 0.3) is 0 Å². The van der Waals surface area contributed by atoms with Gasteiger partial charge >= 0.3 is 6.03 Å². The number of hydrogen-bond donors (Lipinski definition) is 3. The summed E-state index contributed by atoms with van der Waals surface area (Å²) in [6.45, 7) is 14.9. The van der Waals surface area contributed by atoms with Gasteiger partial charge in [0.05, 0.1) is 17.2 Å². The Labute approximate surface area is 203 Å². The Bertz CT molecular complexity index is 901. The Morgan fingerprint density at radius 1 is 1.09 bits per heavy atom. The minimum Gasteiger partial charge on any atom is -0.342 e. The Morgan fingerprint density at radius 2 is 1.79 bits per heavy atom. The molecule has 3 rings (SSSR count). The van der Waals surface area contributed by atoms with Crippen molar-refractivity contribution in [3.05, 3.63) is 11.8 Å². The Balaban J connectivity index is 1.67. The van der Waals surface area contributed by atoms with Crippen molar-refractivity contribution in [1.29, 1.82) is 0 Å². The molecule has 2 heterocycles. The van der Waals surface area contributed by atoms with E-state index in [0.29, 0.717) is 25.3 Å². The van der Waals surface area contributed by atoms with Gasteiger partial charge in [-0.25, -0.2) is 9.48 Å². The molecule has 1 aromatic heterocycles. The van der Waals surface area contributed by atoms with Crippen molar-refractivity contribution in [2.75, 3.05) is 18.4 Å². The lowest BCUT2D eigenvalue weighted by Crippen LogP contribution is -2.43. The van der Waals surface area contributed by atoms with Crippen molar-refractivity contribution in [3.63, 3.8) is 0 Å². The number of carbonyl (C=O) groups is 3. The number of amides is 4. The first-order chi connectivity index (χ1) is 15.8. The molecular weight excluding hydrogens is 432 g/mol. The molecule has 1 aliphatic carbocycles. The van der Waals surface area contributed by atoms with Crippen LogP contribution in [0.5, 0.6) is 0 Å². The Hall–Kier alpha value is -2.58. The standard InChI is InChI=1S/C25H42N6O3/c1-15(2)23(33)30-11-10-18(14-30)22(32)28-21-13-20(29-31(21)25(5,6)7)17-8-9-19(12-17)27-24(34)26-16(3)4/h13,15-19H,8-12,14H2,1-7H3,(H,28,32)(H2,26,27,34)/t17-,18-,19+/m0/s1. The Morgan fingerprint density at radius 3 is 2.41 bits per heavy atom. The molecule has 1 saturated carbocycles. The summed E-state index contributed by atoms with van der Waals surface area (Å²) < 4.78 is 1.89. The first kappa shape index (κ1) is 26.0. The SMILES string of the molecule is CC(C)NC(=O)N[C@@H]1CC[C@H](c2cc(NC(=O)[C@H]3CCN(C(=O)C(C)C)C3)n(C(C)(C)C)n2)C1. The van der Waals surface area contributed by atoms with E-state index < -0.39 is 0 Å². The van der Waals surface area contributed by atoms with Crippen LogP contribution in [-0.4, -0.2) is 57.7 Å². The highest BCUT2D eigenvalue weighted by atomic mass is 16.2. The van der Waals surface area contributed by atoms with Crippen molar-refractivity contribution in [2.45, 2.75) is 97.7 Å². The zero-order valence-corrected chi connectivity index (χ0v) is 21.8. The van der Waals surface area contributed by atoms with Gasteiger partial charge in [-0.3, -0.25) is 9.59 Å². The van der Waals surface area contributed by atoms with Crippen LogP contribution in [0, 0.1) is 11.8 Å². The fraction of sp³-hybridized carbons (Fsp3) is 0.760. The third-order valence-corrected chi connectivity index (χ3v) is 6.59. The second kappa shape index (κ2) is 10.4. The number of hydrogen-bond acceptors (Lipinski definition) is 4. The molecule has 0 unspecified atom stereocenters. The molecule has 1 saturated heterocycles. The first-order valence-corrected chi connectivity index (χ1v) is 12.6. The minimum atomic E-state index is -0.302. The first-order valence-electron chi connectivity index (χ1n) is 12.6. The molecule has 1 aliphatic heterocycles. The molecule has 0 radical (unpaired) electrons. The predicted octanol–water partition coefficient (Wildman–Crippen LogP) is 3.42. The van der Waals surface area contributed by atoms with Gasteiger partial charge in [0.1, 0.15) is 5.82 Å². The van der Waals surface area contributed by atoms with E-state index in [0.717, 1.165) is 25.0 Å². The molecule has 0 spiro atoms. The summed E-state index contributed by atoms with van der Waals surface area (Å²) in [7, 11) is 0. The number of rotatable bonds is 6. The van der Waals surface area contributed by atoms with Crippen molar-refractivity contribution >= 4 is 23.7 Å². The van der Waals surface area contributed by atoms with E-state index in [1.165, 1.54) is 0 Å². The number of carbonyl (C=O) groups excluding carboxylic acids is 3. The maximum Gasteiger partial charge on any atom is 0.315 e. The van der Waals surface area contributed by atoms with Crippen molar-refractivity contribution in [3.8, 4) is 0 Å². The van der Waals surface area contributed by atoms with E-state index in [4.69, 9.17) is 5.10 Å². The highest BCUT2D eigenvalue weighted by molar-refractivity contribution is 5.93. The molecule has 2 aliphatic rings. The van der Waals surface area contributed by atoms with Crippen LogP contribution in [0.4, 0.5) is 10.6 Å². The third kappa shape index (κ3) is 6.30. The molecule has 190 valence electrons. The van der Waals surface area contributed by atoms with Gasteiger partial charge < -0.3 is 20.9 Å². The lowest BCUT2D eigenvalue weighted by Gasteiger charge is -2.23. The zero-order valence-electron chi connectivity index (χ0n) is 21.8. The molecular formula is C25H42N6O3. The number of likely N-dealkylation sites (tertiary alicyclic amines) is 1. The summed E-state index contributed by atoms with van der Waals surface area (Å²) in [4.78, 5) is 39.3. The van der Waals surface area contributed by atoms with Crippen LogP contribution in [0.2, 0.25) is 0 Å².